The van der Waals surface area contributed by atoms with Gasteiger partial charge in [-0.2, -0.15) is 4.31 Å². The number of rotatable bonds is 4. The lowest BCUT2D eigenvalue weighted by Gasteiger charge is -2.20. The minimum absolute atomic E-state index is 0.389. The topological polar surface area (TPSA) is 37.4 Å². The first-order chi connectivity index (χ1) is 10.6. The van der Waals surface area contributed by atoms with E-state index in [1.807, 2.05) is 42.5 Å². The van der Waals surface area contributed by atoms with Gasteiger partial charge in [-0.15, -0.1) is 0 Å². The van der Waals surface area contributed by atoms with Gasteiger partial charge in [-0.25, -0.2) is 8.42 Å². The number of sulfonamides is 1. The molecule has 1 aliphatic carbocycles. The SMILES string of the molecule is CN(Cc1ccccc1)S(=O)(=O)c1ccc2c(c1)CCCC2. The van der Waals surface area contributed by atoms with Gasteiger partial charge in [0.1, 0.15) is 0 Å². The zero-order chi connectivity index (χ0) is 15.6. The summed E-state index contributed by atoms with van der Waals surface area (Å²) < 4.78 is 26.9. The highest BCUT2D eigenvalue weighted by Crippen LogP contribution is 2.25. The summed E-state index contributed by atoms with van der Waals surface area (Å²) in [6.07, 6.45) is 4.40. The summed E-state index contributed by atoms with van der Waals surface area (Å²) in [5.74, 6) is 0. The molecule has 0 saturated heterocycles. The zero-order valence-corrected chi connectivity index (χ0v) is 13.6. The van der Waals surface area contributed by atoms with E-state index in [2.05, 4.69) is 0 Å². The van der Waals surface area contributed by atoms with E-state index in [1.54, 1.807) is 13.1 Å². The van der Waals surface area contributed by atoms with Crippen LogP contribution in [0.2, 0.25) is 0 Å². The second-order valence-corrected chi connectivity index (χ2v) is 7.93. The molecule has 3 rings (SSSR count). The molecule has 0 radical (unpaired) electrons. The van der Waals surface area contributed by atoms with Gasteiger partial charge >= 0.3 is 0 Å². The molecule has 4 heteroatoms. The average molecular weight is 315 g/mol. The molecule has 2 aromatic carbocycles. The summed E-state index contributed by atoms with van der Waals surface area (Å²) in [7, 11) is -1.80. The van der Waals surface area contributed by atoms with Crippen molar-refractivity contribution in [1.82, 2.24) is 4.31 Å². The molecule has 0 amide bonds. The van der Waals surface area contributed by atoms with Gasteiger partial charge in [-0.3, -0.25) is 0 Å². The first-order valence-electron chi connectivity index (χ1n) is 7.69. The third-order valence-corrected chi connectivity index (χ3v) is 6.08. The highest BCUT2D eigenvalue weighted by molar-refractivity contribution is 7.89. The number of aryl methyl sites for hydroxylation is 2. The number of benzene rings is 2. The Morgan fingerprint density at radius 3 is 2.36 bits per heavy atom. The summed E-state index contributed by atoms with van der Waals surface area (Å²) in [4.78, 5) is 0.409. The minimum Gasteiger partial charge on any atom is -0.207 e. The van der Waals surface area contributed by atoms with Crippen molar-refractivity contribution in [3.8, 4) is 0 Å². The van der Waals surface area contributed by atoms with E-state index >= 15 is 0 Å². The maximum atomic E-state index is 12.7. The van der Waals surface area contributed by atoms with Crippen LogP contribution in [-0.4, -0.2) is 19.8 Å². The van der Waals surface area contributed by atoms with Crippen LogP contribution >= 0.6 is 0 Å². The fourth-order valence-electron chi connectivity index (χ4n) is 2.98. The first kappa shape index (κ1) is 15.3. The van der Waals surface area contributed by atoms with Crippen molar-refractivity contribution in [3.63, 3.8) is 0 Å². The number of nitrogens with zero attached hydrogens (tertiary/aromatic N) is 1. The maximum absolute atomic E-state index is 12.7. The van der Waals surface area contributed by atoms with Crippen molar-refractivity contribution < 1.29 is 8.42 Å². The highest BCUT2D eigenvalue weighted by Gasteiger charge is 2.22. The van der Waals surface area contributed by atoms with Crippen LogP contribution in [-0.2, 0) is 29.4 Å². The molecule has 0 aromatic heterocycles. The van der Waals surface area contributed by atoms with Crippen LogP contribution < -0.4 is 0 Å². The third-order valence-electron chi connectivity index (χ3n) is 4.28. The molecule has 2 aromatic rings. The van der Waals surface area contributed by atoms with Crippen LogP contribution in [0, 0.1) is 0 Å². The summed E-state index contributed by atoms with van der Waals surface area (Å²) in [6.45, 7) is 0.389. The Morgan fingerprint density at radius 1 is 0.955 bits per heavy atom. The van der Waals surface area contributed by atoms with Crippen molar-refractivity contribution in [3.05, 3.63) is 65.2 Å². The van der Waals surface area contributed by atoms with E-state index in [4.69, 9.17) is 0 Å². The number of fused-ring (bicyclic) bond motifs is 1. The molecule has 0 spiro atoms. The third kappa shape index (κ3) is 3.08. The summed E-state index contributed by atoms with van der Waals surface area (Å²) in [5, 5.41) is 0. The average Bonchev–Trinajstić information content (AvgIpc) is 2.55. The largest absolute Gasteiger partial charge is 0.243 e. The normalized spacial score (nSPS) is 14.8. The van der Waals surface area contributed by atoms with E-state index in [0.29, 0.717) is 11.4 Å². The molecule has 3 nitrogen and oxygen atoms in total. The van der Waals surface area contributed by atoms with E-state index in [1.165, 1.54) is 21.9 Å². The van der Waals surface area contributed by atoms with Crippen LogP contribution in [0.5, 0.6) is 0 Å². The molecule has 22 heavy (non-hydrogen) atoms. The van der Waals surface area contributed by atoms with Gasteiger partial charge in [0.25, 0.3) is 0 Å². The highest BCUT2D eigenvalue weighted by atomic mass is 32.2. The van der Waals surface area contributed by atoms with Crippen LogP contribution in [0.3, 0.4) is 0 Å². The summed E-state index contributed by atoms with van der Waals surface area (Å²) >= 11 is 0. The summed E-state index contributed by atoms with van der Waals surface area (Å²) in [5.41, 5.74) is 3.49. The number of hydrogen-bond acceptors (Lipinski definition) is 2. The molecule has 0 aliphatic heterocycles. The van der Waals surface area contributed by atoms with Crippen LogP contribution in [0.25, 0.3) is 0 Å². The zero-order valence-electron chi connectivity index (χ0n) is 12.8. The molecule has 0 bridgehead atoms. The second-order valence-electron chi connectivity index (χ2n) is 5.88. The Balaban J connectivity index is 1.86. The van der Waals surface area contributed by atoms with Crippen molar-refractivity contribution in [2.75, 3.05) is 7.05 Å². The fraction of sp³-hybridized carbons (Fsp3) is 0.333. The maximum Gasteiger partial charge on any atom is 0.243 e. The molecule has 116 valence electrons. The lowest BCUT2D eigenvalue weighted by atomic mass is 9.92. The molecule has 0 N–H and O–H groups in total. The van der Waals surface area contributed by atoms with E-state index in [9.17, 15) is 8.42 Å². The first-order valence-corrected chi connectivity index (χ1v) is 9.13. The predicted octanol–water partition coefficient (Wildman–Crippen LogP) is 3.39. The molecular formula is C18H21NO2S. The van der Waals surface area contributed by atoms with Crippen LogP contribution in [0.4, 0.5) is 0 Å². The smallest absolute Gasteiger partial charge is 0.207 e. The van der Waals surface area contributed by atoms with Crippen molar-refractivity contribution in [1.29, 1.82) is 0 Å². The van der Waals surface area contributed by atoms with E-state index < -0.39 is 10.0 Å². The molecule has 0 atom stereocenters. The van der Waals surface area contributed by atoms with Gasteiger partial charge in [0.05, 0.1) is 4.90 Å². The Morgan fingerprint density at radius 2 is 1.64 bits per heavy atom. The van der Waals surface area contributed by atoms with Gasteiger partial charge in [-0.05, 0) is 54.5 Å². The van der Waals surface area contributed by atoms with Crippen molar-refractivity contribution in [2.24, 2.45) is 0 Å². The number of hydrogen-bond donors (Lipinski definition) is 0. The van der Waals surface area contributed by atoms with E-state index in [-0.39, 0.29) is 0 Å². The molecular weight excluding hydrogens is 294 g/mol. The van der Waals surface area contributed by atoms with Crippen LogP contribution in [0.1, 0.15) is 29.5 Å². The Bertz CT molecular complexity index is 754. The molecule has 0 fully saturated rings. The van der Waals surface area contributed by atoms with Gasteiger partial charge in [0, 0.05) is 13.6 Å². The Hall–Kier alpha value is -1.65. The van der Waals surface area contributed by atoms with Crippen molar-refractivity contribution in [2.45, 2.75) is 37.1 Å². The second kappa shape index (κ2) is 6.23. The van der Waals surface area contributed by atoms with Crippen molar-refractivity contribution >= 4 is 10.0 Å². The Kier molecular flexibility index (Phi) is 4.32. The fourth-order valence-corrected chi connectivity index (χ4v) is 4.19. The molecule has 1 aliphatic rings. The lowest BCUT2D eigenvalue weighted by Crippen LogP contribution is -2.26. The quantitative estimate of drug-likeness (QED) is 0.867. The van der Waals surface area contributed by atoms with Crippen LogP contribution in [0.15, 0.2) is 53.4 Å². The predicted molar refractivity (Wildman–Crippen MR) is 88.2 cm³/mol. The monoisotopic (exact) mass is 315 g/mol. The minimum atomic E-state index is -3.44. The standard InChI is InChI=1S/C18H21NO2S/c1-19(14-15-7-3-2-4-8-15)22(20,21)18-12-11-16-9-5-6-10-17(16)13-18/h2-4,7-8,11-13H,5-6,9-10,14H2,1H3. The molecule has 0 heterocycles. The van der Waals surface area contributed by atoms with Gasteiger partial charge < -0.3 is 0 Å². The summed E-state index contributed by atoms with van der Waals surface area (Å²) in [6, 6.07) is 15.3. The van der Waals surface area contributed by atoms with Gasteiger partial charge in [0.2, 0.25) is 10.0 Å². The molecule has 0 saturated carbocycles. The molecule has 0 unspecified atom stereocenters. The van der Waals surface area contributed by atoms with Gasteiger partial charge in [0.15, 0.2) is 0 Å². The van der Waals surface area contributed by atoms with E-state index in [0.717, 1.165) is 24.8 Å². The Labute approximate surface area is 132 Å². The lowest BCUT2D eigenvalue weighted by molar-refractivity contribution is 0.466. The van der Waals surface area contributed by atoms with Gasteiger partial charge in [-0.1, -0.05) is 36.4 Å².